The Kier molecular flexibility index (Phi) is 4.37. The first-order chi connectivity index (χ1) is 9.74. The lowest BCUT2D eigenvalue weighted by Gasteiger charge is -2.52. The molecule has 1 heterocycles. The van der Waals surface area contributed by atoms with Gasteiger partial charge in [0, 0.05) is 13.7 Å². The van der Waals surface area contributed by atoms with Gasteiger partial charge in [-0.2, -0.15) is 0 Å². The molecule has 3 N–H and O–H groups in total. The Morgan fingerprint density at radius 1 is 1.15 bits per heavy atom. The van der Waals surface area contributed by atoms with Crippen molar-refractivity contribution in [3.8, 4) is 0 Å². The van der Waals surface area contributed by atoms with Crippen LogP contribution in [0.4, 0.5) is 0 Å². The first kappa shape index (κ1) is 14.8. The van der Waals surface area contributed by atoms with Crippen LogP contribution in [-0.4, -0.2) is 31.0 Å². The summed E-state index contributed by atoms with van der Waals surface area (Å²) < 4.78 is 12.1. The molecule has 4 nitrogen and oxygen atoms in total. The zero-order chi connectivity index (χ0) is 14.1. The summed E-state index contributed by atoms with van der Waals surface area (Å²) in [6.07, 6.45) is 12.2. The summed E-state index contributed by atoms with van der Waals surface area (Å²) in [7, 11) is 1.87. The first-order valence-electron chi connectivity index (χ1n) is 8.39. The number of nitrogens with two attached hydrogens (primary N) is 1. The summed E-state index contributed by atoms with van der Waals surface area (Å²) in [6.45, 7) is 0.892. The zero-order valence-corrected chi connectivity index (χ0v) is 12.8. The number of hydrogen-bond donors (Lipinski definition) is 2. The fraction of sp³-hybridized carbons (Fsp3) is 1.00. The maximum absolute atomic E-state index is 6.07. The fourth-order valence-corrected chi connectivity index (χ4v) is 4.78. The number of rotatable bonds is 4. The highest BCUT2D eigenvalue weighted by Crippen LogP contribution is 2.47. The van der Waals surface area contributed by atoms with Crippen LogP contribution in [-0.2, 0) is 9.47 Å². The van der Waals surface area contributed by atoms with Gasteiger partial charge in [0.15, 0.2) is 0 Å². The molecule has 0 radical (unpaired) electrons. The molecule has 2 aliphatic carbocycles. The van der Waals surface area contributed by atoms with Crippen LogP contribution < -0.4 is 11.3 Å². The molecule has 2 saturated carbocycles. The normalized spacial score (nSPS) is 33.6. The van der Waals surface area contributed by atoms with Crippen LogP contribution in [0.5, 0.6) is 0 Å². The molecule has 4 heteroatoms. The molecule has 1 saturated heterocycles. The van der Waals surface area contributed by atoms with Gasteiger partial charge in [0.05, 0.1) is 17.2 Å². The number of methoxy groups -OCH3 is 1. The third-order valence-electron chi connectivity index (χ3n) is 6.12. The Morgan fingerprint density at radius 2 is 1.90 bits per heavy atom. The van der Waals surface area contributed by atoms with Gasteiger partial charge in [-0.15, -0.1) is 0 Å². The van der Waals surface area contributed by atoms with Gasteiger partial charge in [0.2, 0.25) is 0 Å². The second kappa shape index (κ2) is 5.91. The van der Waals surface area contributed by atoms with Crippen molar-refractivity contribution >= 4 is 0 Å². The molecule has 2 unspecified atom stereocenters. The van der Waals surface area contributed by atoms with Crippen LogP contribution in [0.25, 0.3) is 0 Å². The van der Waals surface area contributed by atoms with Crippen molar-refractivity contribution < 1.29 is 9.47 Å². The Bertz CT molecular complexity index is 324. The summed E-state index contributed by atoms with van der Waals surface area (Å²) in [5, 5.41) is 0. The standard InChI is InChI=1S/C16H30N2O2/c1-19-16(9-3-2-4-10-16)14(18-17)13-6-11-20-15(12-13)7-5-8-15/h13-14,18H,2-12,17H2,1H3. The highest BCUT2D eigenvalue weighted by Gasteiger charge is 2.49. The first-order valence-corrected chi connectivity index (χ1v) is 8.39. The molecule has 116 valence electrons. The molecule has 0 amide bonds. The van der Waals surface area contributed by atoms with Crippen LogP contribution in [0.15, 0.2) is 0 Å². The van der Waals surface area contributed by atoms with E-state index in [9.17, 15) is 0 Å². The van der Waals surface area contributed by atoms with Crippen molar-refractivity contribution in [1.82, 2.24) is 5.43 Å². The third kappa shape index (κ3) is 2.52. The number of hydrazine groups is 1. The van der Waals surface area contributed by atoms with E-state index >= 15 is 0 Å². The quantitative estimate of drug-likeness (QED) is 0.614. The Hall–Kier alpha value is -0.160. The van der Waals surface area contributed by atoms with Gasteiger partial charge in [0.1, 0.15) is 0 Å². The van der Waals surface area contributed by atoms with E-state index in [1.54, 1.807) is 0 Å². The highest BCUT2D eigenvalue weighted by molar-refractivity contribution is 5.03. The van der Waals surface area contributed by atoms with Crippen LogP contribution in [0.1, 0.15) is 64.2 Å². The van der Waals surface area contributed by atoms with E-state index < -0.39 is 0 Å². The topological polar surface area (TPSA) is 56.5 Å². The minimum Gasteiger partial charge on any atom is -0.377 e. The van der Waals surface area contributed by atoms with Gasteiger partial charge >= 0.3 is 0 Å². The summed E-state index contributed by atoms with van der Waals surface area (Å²) in [6, 6.07) is 0.272. The van der Waals surface area contributed by atoms with E-state index in [0.29, 0.717) is 5.92 Å². The smallest absolute Gasteiger partial charge is 0.0847 e. The van der Waals surface area contributed by atoms with Gasteiger partial charge in [-0.3, -0.25) is 11.3 Å². The predicted octanol–water partition coefficient (Wildman–Crippen LogP) is 2.52. The maximum Gasteiger partial charge on any atom is 0.0847 e. The highest BCUT2D eigenvalue weighted by atomic mass is 16.5. The lowest BCUT2D eigenvalue weighted by molar-refractivity contribution is -0.164. The SMILES string of the molecule is COC1(C(NN)C2CCOC3(CCC3)C2)CCCCC1. The lowest BCUT2D eigenvalue weighted by atomic mass is 9.66. The molecule has 1 spiro atoms. The summed E-state index contributed by atoms with van der Waals surface area (Å²) in [4.78, 5) is 0. The van der Waals surface area contributed by atoms with E-state index in [0.717, 1.165) is 32.3 Å². The number of nitrogens with one attached hydrogen (secondary N) is 1. The molecule has 2 atom stereocenters. The Morgan fingerprint density at radius 3 is 2.45 bits per heavy atom. The molecule has 3 fully saturated rings. The van der Waals surface area contributed by atoms with Gasteiger partial charge in [-0.1, -0.05) is 19.3 Å². The summed E-state index contributed by atoms with van der Waals surface area (Å²) >= 11 is 0. The van der Waals surface area contributed by atoms with Crippen LogP contribution in [0.3, 0.4) is 0 Å². The molecule has 0 aromatic heterocycles. The van der Waals surface area contributed by atoms with Crippen LogP contribution >= 0.6 is 0 Å². The van der Waals surface area contributed by atoms with Gasteiger partial charge in [-0.05, 0) is 50.9 Å². The van der Waals surface area contributed by atoms with Crippen molar-refractivity contribution in [2.24, 2.45) is 11.8 Å². The molecule has 20 heavy (non-hydrogen) atoms. The van der Waals surface area contributed by atoms with Crippen molar-refractivity contribution in [2.75, 3.05) is 13.7 Å². The molecular weight excluding hydrogens is 252 g/mol. The summed E-state index contributed by atoms with van der Waals surface area (Å²) in [5.41, 5.74) is 3.27. The van der Waals surface area contributed by atoms with E-state index in [4.69, 9.17) is 15.3 Å². The van der Waals surface area contributed by atoms with Crippen molar-refractivity contribution in [3.63, 3.8) is 0 Å². The zero-order valence-electron chi connectivity index (χ0n) is 12.8. The van der Waals surface area contributed by atoms with Crippen molar-refractivity contribution in [3.05, 3.63) is 0 Å². The molecule has 3 aliphatic rings. The lowest BCUT2D eigenvalue weighted by Crippen LogP contribution is -2.61. The maximum atomic E-state index is 6.07. The second-order valence-corrected chi connectivity index (χ2v) is 7.11. The van der Waals surface area contributed by atoms with E-state index in [-0.39, 0.29) is 17.2 Å². The van der Waals surface area contributed by atoms with Gasteiger partial charge < -0.3 is 9.47 Å². The van der Waals surface area contributed by atoms with Crippen molar-refractivity contribution in [1.29, 1.82) is 0 Å². The van der Waals surface area contributed by atoms with Gasteiger partial charge in [0.25, 0.3) is 0 Å². The predicted molar refractivity (Wildman–Crippen MR) is 79.2 cm³/mol. The van der Waals surface area contributed by atoms with Gasteiger partial charge in [-0.25, -0.2) is 0 Å². The van der Waals surface area contributed by atoms with Crippen LogP contribution in [0, 0.1) is 5.92 Å². The second-order valence-electron chi connectivity index (χ2n) is 7.11. The average molecular weight is 282 g/mol. The van der Waals surface area contributed by atoms with E-state index in [1.165, 1.54) is 38.5 Å². The minimum atomic E-state index is -0.0556. The monoisotopic (exact) mass is 282 g/mol. The molecule has 1 aliphatic heterocycles. The average Bonchev–Trinajstić information content (AvgIpc) is 2.48. The van der Waals surface area contributed by atoms with Crippen molar-refractivity contribution in [2.45, 2.75) is 81.5 Å². The summed E-state index contributed by atoms with van der Waals surface area (Å²) in [5.74, 6) is 6.56. The molecule has 0 aromatic rings. The number of hydrogen-bond acceptors (Lipinski definition) is 4. The Labute approximate surface area is 122 Å². The molecule has 3 rings (SSSR count). The fourth-order valence-electron chi connectivity index (χ4n) is 4.78. The van der Waals surface area contributed by atoms with Crippen LogP contribution in [0.2, 0.25) is 0 Å². The minimum absolute atomic E-state index is 0.0556. The third-order valence-corrected chi connectivity index (χ3v) is 6.12. The largest absolute Gasteiger partial charge is 0.377 e. The van der Waals surface area contributed by atoms with E-state index in [1.807, 2.05) is 7.11 Å². The molecule has 0 bridgehead atoms. The molecular formula is C16H30N2O2. The Balaban J connectivity index is 1.74. The number of ether oxygens (including phenoxy) is 2. The van der Waals surface area contributed by atoms with E-state index in [2.05, 4.69) is 5.43 Å². The molecule has 0 aromatic carbocycles.